The monoisotopic (exact) mass is 387 g/mol. The quantitative estimate of drug-likeness (QED) is 0.689. The molecule has 136 valence electrons. The smallest absolute Gasteiger partial charge is 0.260 e. The number of aromatic amines is 1. The van der Waals surface area contributed by atoms with E-state index in [9.17, 15) is 4.79 Å². The standard InChI is InChI=1S/C19H21N3O2S2/c1-22-8-6-14(7-9-22)26-19-20-17(23)16-15(11-25-18(16)21-19)12-4-3-5-13(10-12)24-2/h3-5,10-11,14H,6-9H2,1-2H3,(H,20,21,23). The van der Waals surface area contributed by atoms with Gasteiger partial charge in [-0.2, -0.15) is 0 Å². The van der Waals surface area contributed by atoms with Crippen LogP contribution < -0.4 is 10.3 Å². The Morgan fingerprint density at radius 1 is 1.35 bits per heavy atom. The largest absolute Gasteiger partial charge is 0.497 e. The summed E-state index contributed by atoms with van der Waals surface area (Å²) in [6.07, 6.45) is 2.25. The van der Waals surface area contributed by atoms with Crippen molar-refractivity contribution in [2.45, 2.75) is 23.2 Å². The minimum atomic E-state index is -0.0653. The lowest BCUT2D eigenvalue weighted by molar-refractivity contribution is 0.282. The van der Waals surface area contributed by atoms with Crippen LogP contribution in [-0.4, -0.2) is 47.4 Å². The van der Waals surface area contributed by atoms with Gasteiger partial charge in [0.2, 0.25) is 0 Å². The maximum atomic E-state index is 12.8. The van der Waals surface area contributed by atoms with Crippen LogP contribution in [0.3, 0.4) is 0 Å². The predicted octanol–water partition coefficient (Wildman–Crippen LogP) is 3.85. The number of methoxy groups -OCH3 is 1. The minimum absolute atomic E-state index is 0.0653. The molecule has 26 heavy (non-hydrogen) atoms. The normalized spacial score (nSPS) is 16.2. The number of aromatic nitrogens is 2. The highest BCUT2D eigenvalue weighted by molar-refractivity contribution is 7.99. The zero-order valence-electron chi connectivity index (χ0n) is 14.8. The van der Waals surface area contributed by atoms with Crippen LogP contribution in [-0.2, 0) is 0 Å². The van der Waals surface area contributed by atoms with E-state index < -0.39 is 0 Å². The highest BCUT2D eigenvalue weighted by Gasteiger charge is 2.20. The summed E-state index contributed by atoms with van der Waals surface area (Å²) in [6, 6.07) is 7.77. The zero-order chi connectivity index (χ0) is 18.1. The molecule has 3 heterocycles. The number of ether oxygens (including phenoxy) is 1. The van der Waals surface area contributed by atoms with Crippen molar-refractivity contribution in [3.05, 3.63) is 40.0 Å². The second kappa shape index (κ2) is 7.42. The molecular weight excluding hydrogens is 366 g/mol. The third kappa shape index (κ3) is 3.51. The van der Waals surface area contributed by atoms with E-state index in [2.05, 4.69) is 16.9 Å². The molecule has 7 heteroatoms. The lowest BCUT2D eigenvalue weighted by atomic mass is 10.1. The molecule has 0 spiro atoms. The summed E-state index contributed by atoms with van der Waals surface area (Å²) < 4.78 is 5.30. The molecule has 0 bridgehead atoms. The second-order valence-corrected chi connectivity index (χ2v) is 8.70. The first-order valence-corrected chi connectivity index (χ1v) is 10.4. The van der Waals surface area contributed by atoms with Gasteiger partial charge in [-0.15, -0.1) is 11.3 Å². The minimum Gasteiger partial charge on any atom is -0.497 e. The van der Waals surface area contributed by atoms with E-state index in [4.69, 9.17) is 9.72 Å². The Kier molecular flexibility index (Phi) is 5.02. The van der Waals surface area contributed by atoms with Gasteiger partial charge in [0.25, 0.3) is 5.56 Å². The Morgan fingerprint density at radius 2 is 2.15 bits per heavy atom. The number of likely N-dealkylation sites (tertiary alicyclic amines) is 1. The van der Waals surface area contributed by atoms with Crippen molar-refractivity contribution in [2.24, 2.45) is 0 Å². The summed E-state index contributed by atoms with van der Waals surface area (Å²) in [4.78, 5) is 23.6. The van der Waals surface area contributed by atoms with E-state index in [1.165, 1.54) is 11.3 Å². The van der Waals surface area contributed by atoms with Gasteiger partial charge < -0.3 is 14.6 Å². The number of rotatable bonds is 4. The molecule has 1 aromatic carbocycles. The molecule has 2 aromatic heterocycles. The fourth-order valence-corrected chi connectivity index (χ4v) is 5.31. The van der Waals surface area contributed by atoms with Crippen molar-refractivity contribution in [1.29, 1.82) is 0 Å². The number of piperidine rings is 1. The van der Waals surface area contributed by atoms with Crippen LogP contribution in [0.4, 0.5) is 0 Å². The van der Waals surface area contributed by atoms with Crippen LogP contribution in [0.1, 0.15) is 12.8 Å². The number of thioether (sulfide) groups is 1. The molecule has 0 atom stereocenters. The Morgan fingerprint density at radius 3 is 2.92 bits per heavy atom. The lowest BCUT2D eigenvalue weighted by Gasteiger charge is -2.27. The number of hydrogen-bond acceptors (Lipinski definition) is 6. The summed E-state index contributed by atoms with van der Waals surface area (Å²) >= 11 is 3.22. The molecule has 3 aromatic rings. The van der Waals surface area contributed by atoms with Crippen LogP contribution in [0.15, 0.2) is 39.6 Å². The maximum Gasteiger partial charge on any atom is 0.260 e. The van der Waals surface area contributed by atoms with E-state index in [-0.39, 0.29) is 5.56 Å². The van der Waals surface area contributed by atoms with Gasteiger partial charge in [0.15, 0.2) is 5.16 Å². The van der Waals surface area contributed by atoms with Crippen molar-refractivity contribution < 1.29 is 4.74 Å². The van der Waals surface area contributed by atoms with Crippen LogP contribution in [0.2, 0.25) is 0 Å². The van der Waals surface area contributed by atoms with Crippen LogP contribution in [0.5, 0.6) is 5.75 Å². The number of fused-ring (bicyclic) bond motifs is 1. The number of benzene rings is 1. The summed E-state index contributed by atoms with van der Waals surface area (Å²) in [5.41, 5.74) is 1.82. The number of hydrogen-bond donors (Lipinski definition) is 1. The molecule has 0 unspecified atom stereocenters. The van der Waals surface area contributed by atoms with E-state index in [1.807, 2.05) is 29.6 Å². The number of nitrogens with zero attached hydrogens (tertiary/aromatic N) is 2. The van der Waals surface area contributed by atoms with Gasteiger partial charge in [-0.05, 0) is 50.7 Å². The summed E-state index contributed by atoms with van der Waals surface area (Å²) in [5.74, 6) is 0.778. The highest BCUT2D eigenvalue weighted by atomic mass is 32.2. The predicted molar refractivity (Wildman–Crippen MR) is 109 cm³/mol. The fraction of sp³-hybridized carbons (Fsp3) is 0.368. The van der Waals surface area contributed by atoms with Gasteiger partial charge in [-0.25, -0.2) is 4.98 Å². The first-order chi connectivity index (χ1) is 12.6. The average molecular weight is 388 g/mol. The third-order valence-electron chi connectivity index (χ3n) is 4.75. The zero-order valence-corrected chi connectivity index (χ0v) is 16.5. The van der Waals surface area contributed by atoms with Crippen molar-refractivity contribution in [3.8, 4) is 16.9 Å². The molecular formula is C19H21N3O2S2. The Hall–Kier alpha value is -1.83. The molecule has 0 radical (unpaired) electrons. The Labute approximate surface area is 160 Å². The van der Waals surface area contributed by atoms with Gasteiger partial charge in [-0.3, -0.25) is 4.79 Å². The van der Waals surface area contributed by atoms with Crippen LogP contribution in [0.25, 0.3) is 21.3 Å². The molecule has 1 saturated heterocycles. The fourth-order valence-electron chi connectivity index (χ4n) is 3.25. The molecule has 0 aliphatic carbocycles. The third-order valence-corrected chi connectivity index (χ3v) is 6.84. The summed E-state index contributed by atoms with van der Waals surface area (Å²) in [6.45, 7) is 2.20. The maximum absolute atomic E-state index is 12.8. The molecule has 1 N–H and O–H groups in total. The van der Waals surface area contributed by atoms with Gasteiger partial charge in [0, 0.05) is 16.2 Å². The van der Waals surface area contributed by atoms with Crippen LogP contribution >= 0.6 is 23.1 Å². The number of H-pyrrole nitrogens is 1. The van der Waals surface area contributed by atoms with Gasteiger partial charge >= 0.3 is 0 Å². The van der Waals surface area contributed by atoms with E-state index in [0.717, 1.165) is 52.8 Å². The summed E-state index contributed by atoms with van der Waals surface area (Å²) in [5, 5.41) is 3.92. The van der Waals surface area contributed by atoms with Crippen molar-refractivity contribution in [2.75, 3.05) is 27.2 Å². The average Bonchev–Trinajstić information content (AvgIpc) is 3.08. The second-order valence-electron chi connectivity index (χ2n) is 6.55. The van der Waals surface area contributed by atoms with Crippen molar-refractivity contribution >= 4 is 33.3 Å². The molecule has 4 rings (SSSR count). The van der Waals surface area contributed by atoms with E-state index in [0.29, 0.717) is 10.6 Å². The molecule has 0 amide bonds. The first-order valence-electron chi connectivity index (χ1n) is 8.65. The topological polar surface area (TPSA) is 58.2 Å². The van der Waals surface area contributed by atoms with Crippen molar-refractivity contribution in [3.63, 3.8) is 0 Å². The molecule has 0 saturated carbocycles. The number of thiophene rings is 1. The van der Waals surface area contributed by atoms with Gasteiger partial charge in [0.05, 0.1) is 12.5 Å². The van der Waals surface area contributed by atoms with Gasteiger partial charge in [-0.1, -0.05) is 23.9 Å². The van der Waals surface area contributed by atoms with E-state index in [1.54, 1.807) is 18.9 Å². The SMILES string of the molecule is COc1cccc(-c2csc3nc(SC4CCN(C)CC4)[nH]c(=O)c23)c1. The summed E-state index contributed by atoms with van der Waals surface area (Å²) in [7, 11) is 3.80. The highest BCUT2D eigenvalue weighted by Crippen LogP contribution is 2.34. The van der Waals surface area contributed by atoms with E-state index >= 15 is 0 Å². The Bertz CT molecular complexity index is 974. The molecule has 1 aliphatic rings. The molecule has 1 fully saturated rings. The van der Waals surface area contributed by atoms with Gasteiger partial charge in [0.1, 0.15) is 10.6 Å². The first kappa shape index (κ1) is 17.6. The number of nitrogens with one attached hydrogen (secondary N) is 1. The Balaban J connectivity index is 1.66. The van der Waals surface area contributed by atoms with Crippen molar-refractivity contribution in [1.82, 2.24) is 14.9 Å². The molecule has 1 aliphatic heterocycles. The van der Waals surface area contributed by atoms with Crippen LogP contribution in [0, 0.1) is 0 Å². The molecule has 5 nitrogen and oxygen atoms in total. The lowest BCUT2D eigenvalue weighted by Crippen LogP contribution is -2.31.